The topological polar surface area (TPSA) is 147 Å². The minimum atomic E-state index is -3.56. The van der Waals surface area contributed by atoms with E-state index in [-0.39, 0.29) is 52.9 Å². The Morgan fingerprint density at radius 3 is 2.39 bits per heavy atom. The van der Waals surface area contributed by atoms with Gasteiger partial charge in [0.1, 0.15) is 34.1 Å². The van der Waals surface area contributed by atoms with Gasteiger partial charge < -0.3 is 0 Å². The number of ketones is 1. The van der Waals surface area contributed by atoms with Crippen LogP contribution in [0.1, 0.15) is 61.7 Å². The summed E-state index contributed by atoms with van der Waals surface area (Å²) in [5.41, 5.74) is 3.84. The molecule has 1 saturated carbocycles. The first-order valence-electron chi connectivity index (χ1n) is 17.7. The van der Waals surface area contributed by atoms with Crippen LogP contribution >= 0.6 is 11.6 Å². The molecule has 1 aliphatic rings. The quantitative estimate of drug-likeness (QED) is 0.126. The summed E-state index contributed by atoms with van der Waals surface area (Å²) >= 11 is 6.69. The molecule has 0 spiro atoms. The zero-order chi connectivity index (χ0) is 40.2. The standard InChI is InChI=1S/C40H37ClF2N6O5S2/c1-40(2,56(53,54)30-10-11-30)16-15-28-9-12-31(32-13-14-33(41)37-35(23-55(4,51)52)46-48(3)39(32)37)38(44-28)25(17-24-18-26(42)21-27(43)19-24)20-29(50)22-49-36-8-6-5-7-34(36)45-47-49/h5-9,12-14,18-19,21,25,30H,10-11,17,20,22-23H2,1-4H3/t25-/m1/s1. The number of aromatic nitrogens is 6. The summed E-state index contributed by atoms with van der Waals surface area (Å²) in [5.74, 6) is 2.82. The van der Waals surface area contributed by atoms with E-state index in [1.165, 1.54) is 21.5 Å². The SMILES string of the molecule is Cn1nc(CS(C)(=O)=O)c2c(Cl)ccc(-c3ccc(C#CC(C)(C)S(=O)(=O)C4CC4)nc3[C@@H](CC(=O)Cn3nnc4ccccc43)Cc3cc(F)cc(F)c3)c21. The molecule has 0 N–H and O–H groups in total. The van der Waals surface area contributed by atoms with E-state index in [4.69, 9.17) is 16.6 Å². The van der Waals surface area contributed by atoms with E-state index < -0.39 is 47.2 Å². The maximum atomic E-state index is 14.6. The van der Waals surface area contributed by atoms with Gasteiger partial charge in [0.05, 0.1) is 38.4 Å². The molecule has 6 aromatic rings. The number of pyridine rings is 1. The Morgan fingerprint density at radius 1 is 1.00 bits per heavy atom. The van der Waals surface area contributed by atoms with Crippen molar-refractivity contribution >= 4 is 59.0 Å². The van der Waals surface area contributed by atoms with E-state index in [1.807, 2.05) is 6.07 Å². The van der Waals surface area contributed by atoms with Crippen LogP contribution in [0, 0.1) is 23.5 Å². The van der Waals surface area contributed by atoms with Crippen LogP contribution < -0.4 is 0 Å². The third kappa shape index (κ3) is 8.09. The molecule has 3 heterocycles. The fourth-order valence-electron chi connectivity index (χ4n) is 7.01. The van der Waals surface area contributed by atoms with Gasteiger partial charge in [-0.1, -0.05) is 40.9 Å². The second-order valence-electron chi connectivity index (χ2n) is 14.8. The summed E-state index contributed by atoms with van der Waals surface area (Å²) < 4.78 is 82.1. The summed E-state index contributed by atoms with van der Waals surface area (Å²) in [6.45, 7) is 2.95. The van der Waals surface area contributed by atoms with Crippen molar-refractivity contribution in [3.8, 4) is 23.0 Å². The van der Waals surface area contributed by atoms with Crippen molar-refractivity contribution < 1.29 is 30.4 Å². The van der Waals surface area contributed by atoms with Crippen LogP contribution in [0.15, 0.2) is 66.7 Å². The number of hydrogen-bond acceptors (Lipinski definition) is 9. The third-order valence-electron chi connectivity index (χ3n) is 9.80. The number of benzene rings is 3. The highest BCUT2D eigenvalue weighted by Crippen LogP contribution is 2.40. The molecule has 0 bridgehead atoms. The van der Waals surface area contributed by atoms with E-state index in [0.29, 0.717) is 51.6 Å². The molecule has 11 nitrogen and oxygen atoms in total. The van der Waals surface area contributed by atoms with Crippen molar-refractivity contribution in [2.45, 2.75) is 67.7 Å². The molecule has 0 saturated heterocycles. The molecule has 7 rings (SSSR count). The highest BCUT2D eigenvalue weighted by molar-refractivity contribution is 7.93. The fourth-order valence-corrected chi connectivity index (χ4v) is 9.75. The first-order valence-corrected chi connectivity index (χ1v) is 21.7. The summed E-state index contributed by atoms with van der Waals surface area (Å²) in [7, 11) is -5.42. The highest BCUT2D eigenvalue weighted by Gasteiger charge is 2.45. The number of sulfone groups is 2. The number of Topliss-reactive ketones (excluding diaryl/α,β-unsaturated/α-hetero) is 1. The van der Waals surface area contributed by atoms with E-state index in [9.17, 15) is 30.4 Å². The van der Waals surface area contributed by atoms with Crippen LogP contribution in [0.2, 0.25) is 5.02 Å². The van der Waals surface area contributed by atoms with Crippen molar-refractivity contribution in [2.24, 2.45) is 7.05 Å². The first-order chi connectivity index (χ1) is 26.4. The second kappa shape index (κ2) is 14.8. The maximum Gasteiger partial charge on any atom is 0.169 e. The normalized spacial score (nSPS) is 14.2. The number of carbonyl (C=O) groups is 1. The second-order valence-corrected chi connectivity index (χ2v) is 20.1. The minimum Gasteiger partial charge on any atom is -0.298 e. The van der Waals surface area contributed by atoms with Gasteiger partial charge in [-0.3, -0.25) is 9.48 Å². The summed E-state index contributed by atoms with van der Waals surface area (Å²) in [6, 6.07) is 17.0. The summed E-state index contributed by atoms with van der Waals surface area (Å²) in [5, 5.41) is 13.1. The molecule has 290 valence electrons. The molecule has 0 aliphatic heterocycles. The van der Waals surface area contributed by atoms with Gasteiger partial charge in [0, 0.05) is 48.2 Å². The molecular formula is C40H37ClF2N6O5S2. The fraction of sp³-hybridized carbons (Fsp3) is 0.325. The van der Waals surface area contributed by atoms with Crippen LogP contribution in [0.4, 0.5) is 8.78 Å². The molecule has 1 fully saturated rings. The lowest BCUT2D eigenvalue weighted by Gasteiger charge is -2.21. The van der Waals surface area contributed by atoms with E-state index in [1.54, 1.807) is 63.4 Å². The lowest BCUT2D eigenvalue weighted by molar-refractivity contribution is -0.120. The Labute approximate surface area is 327 Å². The van der Waals surface area contributed by atoms with Crippen LogP contribution in [0.5, 0.6) is 0 Å². The predicted octanol–water partition coefficient (Wildman–Crippen LogP) is 6.55. The van der Waals surface area contributed by atoms with Gasteiger partial charge in [-0.05, 0) is 87.1 Å². The zero-order valence-electron chi connectivity index (χ0n) is 30.9. The Balaban J connectivity index is 1.41. The molecule has 3 aromatic carbocycles. The Kier molecular flexibility index (Phi) is 10.4. The molecule has 1 atom stereocenters. The number of halogens is 3. The zero-order valence-corrected chi connectivity index (χ0v) is 33.3. The van der Waals surface area contributed by atoms with Gasteiger partial charge in [-0.25, -0.2) is 35.3 Å². The van der Waals surface area contributed by atoms with Crippen LogP contribution in [-0.2, 0) is 50.2 Å². The van der Waals surface area contributed by atoms with Gasteiger partial charge in [-0.2, -0.15) is 5.10 Å². The first kappa shape index (κ1) is 39.2. The summed E-state index contributed by atoms with van der Waals surface area (Å²) in [6.07, 6.45) is 2.08. The number of hydrogen-bond donors (Lipinski definition) is 0. The Bertz CT molecular complexity index is 2820. The van der Waals surface area contributed by atoms with Crippen LogP contribution in [-0.4, -0.2) is 68.6 Å². The van der Waals surface area contributed by atoms with E-state index in [2.05, 4.69) is 27.3 Å². The number of para-hydroxylation sites is 1. The molecule has 56 heavy (non-hydrogen) atoms. The van der Waals surface area contributed by atoms with Crippen LogP contribution in [0.25, 0.3) is 33.1 Å². The van der Waals surface area contributed by atoms with Crippen molar-refractivity contribution in [1.29, 1.82) is 0 Å². The molecule has 16 heteroatoms. The molecular weight excluding hydrogens is 782 g/mol. The average molecular weight is 819 g/mol. The highest BCUT2D eigenvalue weighted by atomic mass is 35.5. The predicted molar refractivity (Wildman–Crippen MR) is 210 cm³/mol. The van der Waals surface area contributed by atoms with Gasteiger partial charge in [0.15, 0.2) is 25.5 Å². The van der Waals surface area contributed by atoms with Gasteiger partial charge in [-0.15, -0.1) is 5.10 Å². The number of aryl methyl sites for hydroxylation is 1. The lowest BCUT2D eigenvalue weighted by atomic mass is 9.86. The van der Waals surface area contributed by atoms with Crippen LogP contribution in [0.3, 0.4) is 0 Å². The summed E-state index contributed by atoms with van der Waals surface area (Å²) in [4.78, 5) is 19.0. The monoisotopic (exact) mass is 818 g/mol. The van der Waals surface area contributed by atoms with E-state index >= 15 is 0 Å². The Hall–Kier alpha value is -5.04. The van der Waals surface area contributed by atoms with Gasteiger partial charge >= 0.3 is 0 Å². The maximum absolute atomic E-state index is 14.6. The smallest absolute Gasteiger partial charge is 0.169 e. The number of nitrogens with zero attached hydrogens (tertiary/aromatic N) is 6. The van der Waals surface area contributed by atoms with E-state index in [0.717, 1.165) is 12.3 Å². The number of rotatable bonds is 12. The van der Waals surface area contributed by atoms with Gasteiger partial charge in [0.2, 0.25) is 0 Å². The average Bonchev–Trinajstić information content (AvgIpc) is 3.84. The van der Waals surface area contributed by atoms with Crippen molar-refractivity contribution in [1.82, 2.24) is 29.8 Å². The lowest BCUT2D eigenvalue weighted by Crippen LogP contribution is -2.33. The molecule has 0 radical (unpaired) electrons. The van der Waals surface area contributed by atoms with Crippen molar-refractivity contribution in [3.05, 3.63) is 106 Å². The molecule has 0 unspecified atom stereocenters. The largest absolute Gasteiger partial charge is 0.298 e. The van der Waals surface area contributed by atoms with Gasteiger partial charge in [0.25, 0.3) is 0 Å². The molecule has 3 aromatic heterocycles. The molecule has 0 amide bonds. The van der Waals surface area contributed by atoms with Crippen molar-refractivity contribution in [2.75, 3.05) is 6.26 Å². The minimum absolute atomic E-state index is 0.0294. The number of carbonyl (C=O) groups excluding carboxylic acids is 1. The molecule has 1 aliphatic carbocycles. The third-order valence-corrected chi connectivity index (χ3v) is 13.8. The Morgan fingerprint density at radius 2 is 1.70 bits per heavy atom. The number of fused-ring (bicyclic) bond motifs is 2. The van der Waals surface area contributed by atoms with Crippen molar-refractivity contribution in [3.63, 3.8) is 0 Å².